The van der Waals surface area contributed by atoms with Crippen molar-refractivity contribution < 1.29 is 9.84 Å². The van der Waals surface area contributed by atoms with E-state index in [1.54, 1.807) is 18.9 Å². The topological polar surface area (TPSA) is 29.5 Å². The number of aliphatic hydroxyl groups excluding tert-OH is 1. The van der Waals surface area contributed by atoms with Gasteiger partial charge in [0, 0.05) is 11.0 Å². The summed E-state index contributed by atoms with van der Waals surface area (Å²) in [6.07, 6.45) is -0.272. The first kappa shape index (κ1) is 13.9. The van der Waals surface area contributed by atoms with Gasteiger partial charge in [-0.05, 0) is 40.5 Å². The van der Waals surface area contributed by atoms with Crippen LogP contribution in [0, 0.1) is 0 Å². The molecule has 0 heterocycles. The molecule has 4 heteroatoms. The molecule has 0 aromatic heterocycles. The summed E-state index contributed by atoms with van der Waals surface area (Å²) in [5.74, 6) is 1.74. The molecule has 0 aliphatic carbocycles. The molecule has 0 aliphatic heterocycles. The maximum absolute atomic E-state index is 9.39. The molecule has 2 unspecified atom stereocenters. The van der Waals surface area contributed by atoms with Crippen LogP contribution in [0.4, 0.5) is 0 Å². The van der Waals surface area contributed by atoms with E-state index in [4.69, 9.17) is 4.74 Å². The minimum Gasteiger partial charge on any atom is -0.496 e. The van der Waals surface area contributed by atoms with Crippen LogP contribution in [0.5, 0.6) is 5.75 Å². The van der Waals surface area contributed by atoms with E-state index in [1.165, 1.54) is 5.56 Å². The van der Waals surface area contributed by atoms with Gasteiger partial charge in [-0.15, -0.1) is 0 Å². The highest BCUT2D eigenvalue weighted by atomic mass is 79.9. The van der Waals surface area contributed by atoms with E-state index < -0.39 is 0 Å². The monoisotopic (exact) mass is 304 g/mol. The normalized spacial score (nSPS) is 14.6. The van der Waals surface area contributed by atoms with Crippen LogP contribution >= 0.6 is 27.7 Å². The van der Waals surface area contributed by atoms with Gasteiger partial charge in [-0.1, -0.05) is 13.0 Å². The summed E-state index contributed by atoms with van der Waals surface area (Å²) < 4.78 is 6.14. The molecule has 0 saturated heterocycles. The van der Waals surface area contributed by atoms with Crippen molar-refractivity contribution in [3.05, 3.63) is 28.2 Å². The maximum atomic E-state index is 9.39. The van der Waals surface area contributed by atoms with Crippen LogP contribution in [0.2, 0.25) is 0 Å². The predicted octanol–water partition coefficient (Wildman–Crippen LogP) is 3.46. The van der Waals surface area contributed by atoms with Crippen molar-refractivity contribution in [3.8, 4) is 5.75 Å². The number of halogens is 1. The molecule has 1 aromatic carbocycles. The van der Waals surface area contributed by atoms with Gasteiger partial charge in [0.25, 0.3) is 0 Å². The molecule has 1 rings (SSSR count). The Balaban J connectivity index is 2.58. The summed E-state index contributed by atoms with van der Waals surface area (Å²) >= 11 is 5.21. The van der Waals surface area contributed by atoms with Crippen molar-refractivity contribution in [1.82, 2.24) is 0 Å². The fraction of sp³-hybridized carbons (Fsp3) is 0.500. The van der Waals surface area contributed by atoms with Crippen LogP contribution in [0.25, 0.3) is 0 Å². The van der Waals surface area contributed by atoms with Crippen molar-refractivity contribution in [3.63, 3.8) is 0 Å². The van der Waals surface area contributed by atoms with Crippen LogP contribution in [-0.4, -0.2) is 23.6 Å². The second kappa shape index (κ2) is 6.52. The first-order chi connectivity index (χ1) is 7.54. The van der Waals surface area contributed by atoms with E-state index in [0.717, 1.165) is 16.0 Å². The van der Waals surface area contributed by atoms with E-state index in [0.29, 0.717) is 0 Å². The van der Waals surface area contributed by atoms with E-state index in [2.05, 4.69) is 22.0 Å². The molecule has 1 N–H and O–H groups in total. The lowest BCUT2D eigenvalue weighted by molar-refractivity contribution is 0.196. The first-order valence-corrected chi connectivity index (χ1v) is 7.01. The van der Waals surface area contributed by atoms with E-state index in [9.17, 15) is 5.11 Å². The zero-order valence-electron chi connectivity index (χ0n) is 9.74. The summed E-state index contributed by atoms with van der Waals surface area (Å²) in [6.45, 7) is 3.86. The quantitative estimate of drug-likeness (QED) is 0.903. The van der Waals surface area contributed by atoms with Crippen LogP contribution in [0.15, 0.2) is 22.7 Å². The third-order valence-corrected chi connectivity index (χ3v) is 4.45. The zero-order chi connectivity index (χ0) is 12.1. The van der Waals surface area contributed by atoms with Crippen LogP contribution in [0.3, 0.4) is 0 Å². The first-order valence-electron chi connectivity index (χ1n) is 5.16. The van der Waals surface area contributed by atoms with E-state index in [1.807, 2.05) is 26.0 Å². The molecule has 0 aliphatic rings. The minimum absolute atomic E-state index is 0.251. The van der Waals surface area contributed by atoms with Gasteiger partial charge in [0.05, 0.1) is 17.7 Å². The molecule has 0 spiro atoms. The molecule has 2 atom stereocenters. The highest BCUT2D eigenvalue weighted by Crippen LogP contribution is 2.28. The molecular weight excluding hydrogens is 288 g/mol. The minimum atomic E-state index is -0.272. The van der Waals surface area contributed by atoms with Gasteiger partial charge in [-0.25, -0.2) is 0 Å². The van der Waals surface area contributed by atoms with Crippen molar-refractivity contribution in [2.45, 2.75) is 31.0 Å². The predicted molar refractivity (Wildman–Crippen MR) is 73.1 cm³/mol. The van der Waals surface area contributed by atoms with Crippen molar-refractivity contribution in [1.29, 1.82) is 0 Å². The van der Waals surface area contributed by atoms with Crippen molar-refractivity contribution in [2.75, 3.05) is 7.11 Å². The highest BCUT2D eigenvalue weighted by Gasteiger charge is 2.09. The number of aliphatic hydroxyl groups is 1. The largest absolute Gasteiger partial charge is 0.496 e. The average molecular weight is 305 g/mol. The highest BCUT2D eigenvalue weighted by molar-refractivity contribution is 9.10. The summed E-state index contributed by atoms with van der Waals surface area (Å²) in [4.78, 5) is 0. The molecular formula is C12H17BrO2S. The van der Waals surface area contributed by atoms with E-state index >= 15 is 0 Å². The number of rotatable bonds is 5. The third kappa shape index (κ3) is 4.00. The van der Waals surface area contributed by atoms with Gasteiger partial charge >= 0.3 is 0 Å². The molecule has 16 heavy (non-hydrogen) atoms. The molecule has 90 valence electrons. The summed E-state index contributed by atoms with van der Waals surface area (Å²) in [6, 6.07) is 6.05. The second-order valence-electron chi connectivity index (χ2n) is 3.73. The molecule has 1 aromatic rings. The Labute approximate surface area is 110 Å². The zero-order valence-corrected chi connectivity index (χ0v) is 12.1. The van der Waals surface area contributed by atoms with Crippen molar-refractivity contribution in [2.24, 2.45) is 0 Å². The number of hydrogen-bond acceptors (Lipinski definition) is 3. The Morgan fingerprint density at radius 2 is 2.12 bits per heavy atom. The maximum Gasteiger partial charge on any atom is 0.133 e. The second-order valence-corrected chi connectivity index (χ2v) is 5.95. The number of methoxy groups -OCH3 is 1. The van der Waals surface area contributed by atoms with Gasteiger partial charge in [0.1, 0.15) is 5.75 Å². The number of benzene rings is 1. The van der Waals surface area contributed by atoms with Crippen LogP contribution in [0.1, 0.15) is 19.4 Å². The smallest absolute Gasteiger partial charge is 0.133 e. The average Bonchev–Trinajstić information content (AvgIpc) is 2.25. The summed E-state index contributed by atoms with van der Waals surface area (Å²) in [5.41, 5.74) is 1.23. The Morgan fingerprint density at radius 1 is 1.44 bits per heavy atom. The van der Waals surface area contributed by atoms with Gasteiger partial charge in [-0.2, -0.15) is 11.8 Å². The Bertz CT molecular complexity index is 342. The van der Waals surface area contributed by atoms with Crippen LogP contribution < -0.4 is 4.74 Å². The van der Waals surface area contributed by atoms with Gasteiger partial charge < -0.3 is 9.84 Å². The third-order valence-electron chi connectivity index (χ3n) is 2.41. The lowest BCUT2D eigenvalue weighted by Gasteiger charge is -2.14. The lowest BCUT2D eigenvalue weighted by atomic mass is 10.2. The Hall–Kier alpha value is -0.190. The van der Waals surface area contributed by atoms with E-state index in [-0.39, 0.29) is 11.4 Å². The number of thioether (sulfide) groups is 1. The van der Waals surface area contributed by atoms with Gasteiger partial charge in [0.15, 0.2) is 0 Å². The molecule has 0 radical (unpaired) electrons. The Morgan fingerprint density at radius 3 is 2.62 bits per heavy atom. The summed E-state index contributed by atoms with van der Waals surface area (Å²) in [5, 5.41) is 9.64. The van der Waals surface area contributed by atoms with Crippen LogP contribution in [-0.2, 0) is 5.75 Å². The number of hydrogen-bond donors (Lipinski definition) is 1. The van der Waals surface area contributed by atoms with Gasteiger partial charge in [0.2, 0.25) is 0 Å². The molecule has 0 fully saturated rings. The lowest BCUT2D eigenvalue weighted by Crippen LogP contribution is -2.15. The number of ether oxygens (including phenoxy) is 1. The molecule has 0 amide bonds. The van der Waals surface area contributed by atoms with Gasteiger partial charge in [-0.3, -0.25) is 0 Å². The Kier molecular flexibility index (Phi) is 5.66. The standard InChI is InChI=1S/C12H17BrO2S/c1-8(14)9(2)16-7-10-4-5-12(15-3)11(13)6-10/h4-6,8-9,14H,7H2,1-3H3. The fourth-order valence-corrected chi connectivity index (χ4v) is 2.67. The fourth-order valence-electron chi connectivity index (χ4n) is 1.17. The summed E-state index contributed by atoms with van der Waals surface area (Å²) in [7, 11) is 1.66. The SMILES string of the molecule is COc1ccc(CSC(C)C(C)O)cc1Br. The molecule has 0 bridgehead atoms. The molecule has 2 nitrogen and oxygen atoms in total. The van der Waals surface area contributed by atoms with Crippen molar-refractivity contribution >= 4 is 27.7 Å². The molecule has 0 saturated carbocycles.